The Morgan fingerprint density at radius 3 is 2.80 bits per heavy atom. The van der Waals surface area contributed by atoms with Crippen LogP contribution in [0.5, 0.6) is 0 Å². The third-order valence-corrected chi connectivity index (χ3v) is 2.15. The first-order valence-electron chi connectivity index (χ1n) is 5.04. The summed E-state index contributed by atoms with van der Waals surface area (Å²) in [6, 6.07) is 0. The van der Waals surface area contributed by atoms with Gasteiger partial charge in [-0.05, 0) is 20.3 Å². The van der Waals surface area contributed by atoms with Crippen molar-refractivity contribution < 1.29 is 4.79 Å². The number of aromatic nitrogens is 2. The Bertz CT molecular complexity index is 346. The van der Waals surface area contributed by atoms with Crippen molar-refractivity contribution in [2.24, 2.45) is 0 Å². The molecule has 0 unspecified atom stereocenters. The molecule has 1 rings (SSSR count). The molecule has 0 aliphatic carbocycles. The van der Waals surface area contributed by atoms with Gasteiger partial charge in [-0.25, -0.2) is 0 Å². The van der Waals surface area contributed by atoms with Gasteiger partial charge in [0.05, 0.1) is 5.69 Å². The smallest absolute Gasteiger partial charge is 0.216 e. The summed E-state index contributed by atoms with van der Waals surface area (Å²) in [7, 11) is 0. The second-order valence-corrected chi connectivity index (χ2v) is 3.52. The van der Waals surface area contributed by atoms with Gasteiger partial charge < -0.3 is 5.32 Å². The summed E-state index contributed by atoms with van der Waals surface area (Å²) in [6.07, 6.45) is 4.92. The Hall–Kier alpha value is -1.58. The molecule has 0 fully saturated rings. The van der Waals surface area contributed by atoms with Crippen LogP contribution in [0.2, 0.25) is 0 Å². The largest absolute Gasteiger partial charge is 0.356 e. The van der Waals surface area contributed by atoms with E-state index in [4.69, 9.17) is 0 Å². The number of aryl methyl sites for hydroxylation is 2. The number of nitrogens with zero attached hydrogens (tertiary/aromatic N) is 1. The average Bonchev–Trinajstić information content (AvgIpc) is 2.47. The lowest BCUT2D eigenvalue weighted by atomic mass is 10.2. The normalized spacial score (nSPS) is 10.9. The first-order chi connectivity index (χ1) is 7.11. The molecule has 1 amide bonds. The van der Waals surface area contributed by atoms with E-state index in [9.17, 15) is 4.79 Å². The zero-order valence-electron chi connectivity index (χ0n) is 9.42. The standard InChI is InChI=1S/C11H17N3O/c1-8-11(9(2)14-13-8)6-4-5-7-12-10(3)15/h4,6H,5,7H2,1-3H3,(H,12,15)(H,13,14). The molecule has 0 aromatic carbocycles. The first-order valence-corrected chi connectivity index (χ1v) is 5.04. The summed E-state index contributed by atoms with van der Waals surface area (Å²) in [5, 5.41) is 9.76. The molecule has 1 aromatic rings. The number of carbonyl (C=O) groups is 1. The minimum Gasteiger partial charge on any atom is -0.356 e. The predicted octanol–water partition coefficient (Wildman–Crippen LogP) is 1.57. The number of aromatic amines is 1. The van der Waals surface area contributed by atoms with E-state index in [-0.39, 0.29) is 5.91 Å². The van der Waals surface area contributed by atoms with Gasteiger partial charge >= 0.3 is 0 Å². The van der Waals surface area contributed by atoms with E-state index in [0.717, 1.165) is 23.4 Å². The molecular weight excluding hydrogens is 190 g/mol. The minimum absolute atomic E-state index is 0.0130. The number of hydrogen-bond donors (Lipinski definition) is 2. The van der Waals surface area contributed by atoms with E-state index >= 15 is 0 Å². The van der Waals surface area contributed by atoms with E-state index in [1.165, 1.54) is 6.92 Å². The van der Waals surface area contributed by atoms with Crippen molar-refractivity contribution in [3.63, 3.8) is 0 Å². The van der Waals surface area contributed by atoms with Crippen molar-refractivity contribution in [1.82, 2.24) is 15.5 Å². The first kappa shape index (κ1) is 11.5. The summed E-state index contributed by atoms with van der Waals surface area (Å²) in [5.41, 5.74) is 3.21. The van der Waals surface area contributed by atoms with E-state index < -0.39 is 0 Å². The molecule has 0 atom stereocenters. The molecular formula is C11H17N3O. The fraction of sp³-hybridized carbons (Fsp3) is 0.455. The third-order valence-electron chi connectivity index (χ3n) is 2.15. The van der Waals surface area contributed by atoms with Crippen LogP contribution in [0.1, 0.15) is 30.3 Å². The number of rotatable bonds is 4. The quantitative estimate of drug-likeness (QED) is 0.736. The van der Waals surface area contributed by atoms with Gasteiger partial charge in [0.25, 0.3) is 0 Å². The van der Waals surface area contributed by atoms with Gasteiger partial charge in [-0.2, -0.15) is 5.10 Å². The molecule has 1 aromatic heterocycles. The SMILES string of the molecule is CC(=O)NCCC=Cc1c(C)n[nH]c1C. The zero-order valence-corrected chi connectivity index (χ0v) is 9.42. The molecule has 0 radical (unpaired) electrons. The molecule has 4 nitrogen and oxygen atoms in total. The maximum absolute atomic E-state index is 10.6. The topological polar surface area (TPSA) is 57.8 Å². The van der Waals surface area contributed by atoms with Gasteiger partial charge in [-0.3, -0.25) is 9.89 Å². The number of nitrogens with one attached hydrogen (secondary N) is 2. The van der Waals surface area contributed by atoms with Crippen LogP contribution in [-0.4, -0.2) is 22.6 Å². The second-order valence-electron chi connectivity index (χ2n) is 3.52. The van der Waals surface area contributed by atoms with Crippen molar-refractivity contribution >= 4 is 12.0 Å². The van der Waals surface area contributed by atoms with Crippen LogP contribution in [0.25, 0.3) is 6.08 Å². The predicted molar refractivity (Wildman–Crippen MR) is 60.4 cm³/mol. The van der Waals surface area contributed by atoms with Gasteiger partial charge in [-0.1, -0.05) is 12.2 Å². The van der Waals surface area contributed by atoms with Crippen molar-refractivity contribution in [1.29, 1.82) is 0 Å². The highest BCUT2D eigenvalue weighted by Gasteiger charge is 2.00. The summed E-state index contributed by atoms with van der Waals surface area (Å²) in [6.45, 7) is 6.17. The van der Waals surface area contributed by atoms with Crippen LogP contribution in [0, 0.1) is 13.8 Å². The second kappa shape index (κ2) is 5.34. The molecule has 0 saturated carbocycles. The number of H-pyrrole nitrogens is 1. The Labute approximate surface area is 89.8 Å². The van der Waals surface area contributed by atoms with Gasteiger partial charge in [0.1, 0.15) is 0 Å². The highest BCUT2D eigenvalue weighted by Crippen LogP contribution is 2.11. The van der Waals surface area contributed by atoms with E-state index in [0.29, 0.717) is 6.54 Å². The Morgan fingerprint density at radius 1 is 1.53 bits per heavy atom. The van der Waals surface area contributed by atoms with E-state index in [1.807, 2.05) is 26.0 Å². The lowest BCUT2D eigenvalue weighted by Crippen LogP contribution is -2.20. The maximum atomic E-state index is 10.6. The monoisotopic (exact) mass is 207 g/mol. The molecule has 4 heteroatoms. The van der Waals surface area contributed by atoms with E-state index in [2.05, 4.69) is 15.5 Å². The zero-order chi connectivity index (χ0) is 11.3. The van der Waals surface area contributed by atoms with Crippen molar-refractivity contribution in [3.8, 4) is 0 Å². The van der Waals surface area contributed by atoms with Gasteiger partial charge in [-0.15, -0.1) is 0 Å². The minimum atomic E-state index is 0.0130. The Kier molecular flexibility index (Phi) is 4.09. The third kappa shape index (κ3) is 3.58. The Balaban J connectivity index is 2.41. The fourth-order valence-corrected chi connectivity index (χ4v) is 1.34. The lowest BCUT2D eigenvalue weighted by molar-refractivity contribution is -0.118. The van der Waals surface area contributed by atoms with Gasteiger partial charge in [0, 0.05) is 24.7 Å². The summed E-state index contributed by atoms with van der Waals surface area (Å²) >= 11 is 0. The van der Waals surface area contributed by atoms with Crippen LogP contribution in [0.3, 0.4) is 0 Å². The fourth-order valence-electron chi connectivity index (χ4n) is 1.34. The highest BCUT2D eigenvalue weighted by atomic mass is 16.1. The van der Waals surface area contributed by atoms with Crippen LogP contribution in [0.15, 0.2) is 6.08 Å². The molecule has 0 spiro atoms. The van der Waals surface area contributed by atoms with Crippen LogP contribution in [-0.2, 0) is 4.79 Å². The van der Waals surface area contributed by atoms with Crippen LogP contribution >= 0.6 is 0 Å². The molecule has 82 valence electrons. The van der Waals surface area contributed by atoms with Gasteiger partial charge in [0.15, 0.2) is 0 Å². The van der Waals surface area contributed by atoms with E-state index in [1.54, 1.807) is 0 Å². The Morgan fingerprint density at radius 2 is 2.27 bits per heavy atom. The van der Waals surface area contributed by atoms with Gasteiger partial charge in [0.2, 0.25) is 5.91 Å². The highest BCUT2D eigenvalue weighted by molar-refractivity contribution is 5.72. The van der Waals surface area contributed by atoms with Crippen molar-refractivity contribution in [2.45, 2.75) is 27.2 Å². The average molecular weight is 207 g/mol. The summed E-state index contributed by atoms with van der Waals surface area (Å²) < 4.78 is 0. The summed E-state index contributed by atoms with van der Waals surface area (Å²) in [5.74, 6) is 0.0130. The molecule has 0 aliphatic rings. The molecule has 0 saturated heterocycles. The van der Waals surface area contributed by atoms with Crippen molar-refractivity contribution in [2.75, 3.05) is 6.54 Å². The van der Waals surface area contributed by atoms with Crippen molar-refractivity contribution in [3.05, 3.63) is 23.0 Å². The number of amides is 1. The number of carbonyl (C=O) groups excluding carboxylic acids is 1. The molecule has 15 heavy (non-hydrogen) atoms. The number of hydrogen-bond acceptors (Lipinski definition) is 2. The molecule has 0 aliphatic heterocycles. The maximum Gasteiger partial charge on any atom is 0.216 e. The summed E-state index contributed by atoms with van der Waals surface area (Å²) in [4.78, 5) is 10.6. The lowest BCUT2D eigenvalue weighted by Gasteiger charge is -1.97. The molecule has 2 N–H and O–H groups in total. The molecule has 1 heterocycles. The van der Waals surface area contributed by atoms with Crippen LogP contribution in [0.4, 0.5) is 0 Å². The molecule has 0 bridgehead atoms. The van der Waals surface area contributed by atoms with Crippen LogP contribution < -0.4 is 5.32 Å².